The van der Waals surface area contributed by atoms with Gasteiger partial charge in [0.25, 0.3) is 0 Å². The predicted molar refractivity (Wildman–Crippen MR) is 97.3 cm³/mol. The molecule has 3 heterocycles. The van der Waals surface area contributed by atoms with Crippen molar-refractivity contribution in [2.45, 2.75) is 32.4 Å². The van der Waals surface area contributed by atoms with Crippen molar-refractivity contribution in [1.29, 1.82) is 0 Å². The fourth-order valence-electron chi connectivity index (χ4n) is 3.31. The molecule has 0 spiro atoms. The van der Waals surface area contributed by atoms with E-state index in [0.717, 1.165) is 31.7 Å². The molecule has 1 unspecified atom stereocenters. The van der Waals surface area contributed by atoms with Crippen molar-refractivity contribution in [2.75, 3.05) is 26.7 Å². The summed E-state index contributed by atoms with van der Waals surface area (Å²) in [6, 6.07) is 5.08. The second-order valence-corrected chi connectivity index (χ2v) is 6.51. The maximum Gasteiger partial charge on any atom is 0.341 e. The van der Waals surface area contributed by atoms with Gasteiger partial charge in [-0.25, -0.2) is 9.59 Å². The minimum Gasteiger partial charge on any atom is -0.468 e. The summed E-state index contributed by atoms with van der Waals surface area (Å²) < 4.78 is 15.7. The number of likely N-dealkylation sites (tertiary alicyclic amines) is 1. The average molecular weight is 375 g/mol. The van der Waals surface area contributed by atoms with Crippen molar-refractivity contribution in [3.63, 3.8) is 0 Å². The number of carbonyl (C=O) groups excluding carboxylic acids is 2. The normalized spacial score (nSPS) is 15.5. The van der Waals surface area contributed by atoms with Crippen molar-refractivity contribution in [1.82, 2.24) is 15.5 Å². The van der Waals surface area contributed by atoms with E-state index < -0.39 is 5.97 Å². The molecule has 2 aromatic rings. The fourth-order valence-corrected chi connectivity index (χ4v) is 3.31. The molecule has 0 bridgehead atoms. The molecule has 0 radical (unpaired) electrons. The van der Waals surface area contributed by atoms with Crippen LogP contribution >= 0.6 is 0 Å². The van der Waals surface area contributed by atoms with E-state index in [9.17, 15) is 9.59 Å². The van der Waals surface area contributed by atoms with Gasteiger partial charge in [0.15, 0.2) is 0 Å². The molecule has 2 N–H and O–H groups in total. The fraction of sp³-hybridized carbons (Fsp3) is 0.474. The van der Waals surface area contributed by atoms with Gasteiger partial charge in [0.05, 0.1) is 26.0 Å². The molecule has 1 aliphatic rings. The van der Waals surface area contributed by atoms with Gasteiger partial charge in [0.2, 0.25) is 0 Å². The third kappa shape index (κ3) is 4.71. The minimum atomic E-state index is -0.459. The zero-order valence-electron chi connectivity index (χ0n) is 15.6. The number of nitrogens with zero attached hydrogens (tertiary/aromatic N) is 1. The van der Waals surface area contributed by atoms with Gasteiger partial charge in [-0.2, -0.15) is 0 Å². The Bertz CT molecular complexity index is 762. The van der Waals surface area contributed by atoms with Crippen LogP contribution in [0.3, 0.4) is 0 Å². The average Bonchev–Trinajstić information content (AvgIpc) is 3.42. The largest absolute Gasteiger partial charge is 0.468 e. The smallest absolute Gasteiger partial charge is 0.341 e. The predicted octanol–water partition coefficient (Wildman–Crippen LogP) is 2.60. The molecule has 1 saturated heterocycles. The van der Waals surface area contributed by atoms with Gasteiger partial charge in [0.1, 0.15) is 22.8 Å². The van der Waals surface area contributed by atoms with Crippen LogP contribution in [-0.4, -0.2) is 43.6 Å². The van der Waals surface area contributed by atoms with Gasteiger partial charge in [0, 0.05) is 6.54 Å². The molecule has 2 aromatic heterocycles. The molecular weight excluding hydrogens is 350 g/mol. The Morgan fingerprint density at radius 2 is 2.07 bits per heavy atom. The van der Waals surface area contributed by atoms with Crippen LogP contribution in [0.4, 0.5) is 4.79 Å². The topological polar surface area (TPSA) is 96.9 Å². The summed E-state index contributed by atoms with van der Waals surface area (Å²) in [6.07, 6.45) is 3.96. The summed E-state index contributed by atoms with van der Waals surface area (Å²) in [7, 11) is 1.32. The second-order valence-electron chi connectivity index (χ2n) is 6.51. The van der Waals surface area contributed by atoms with Gasteiger partial charge < -0.3 is 24.2 Å². The van der Waals surface area contributed by atoms with Gasteiger partial charge in [-0.15, -0.1) is 0 Å². The summed E-state index contributed by atoms with van der Waals surface area (Å²) in [5.74, 6) is 1.34. The summed E-state index contributed by atoms with van der Waals surface area (Å²) in [5, 5.41) is 5.63. The van der Waals surface area contributed by atoms with E-state index in [-0.39, 0.29) is 18.6 Å². The van der Waals surface area contributed by atoms with E-state index in [1.807, 2.05) is 12.1 Å². The highest BCUT2D eigenvalue weighted by molar-refractivity contribution is 5.90. The van der Waals surface area contributed by atoms with Crippen molar-refractivity contribution in [2.24, 2.45) is 0 Å². The quantitative estimate of drug-likeness (QED) is 0.722. The summed E-state index contributed by atoms with van der Waals surface area (Å²) in [6.45, 7) is 4.30. The first-order valence-electron chi connectivity index (χ1n) is 9.05. The van der Waals surface area contributed by atoms with Crippen LogP contribution in [0.25, 0.3) is 0 Å². The number of hydrogen-bond donors (Lipinski definition) is 2. The number of amides is 2. The summed E-state index contributed by atoms with van der Waals surface area (Å²) in [5.41, 5.74) is 0.363. The Morgan fingerprint density at radius 3 is 2.74 bits per heavy atom. The molecule has 0 saturated carbocycles. The zero-order valence-corrected chi connectivity index (χ0v) is 15.6. The highest BCUT2D eigenvalue weighted by Crippen LogP contribution is 2.24. The molecule has 8 nitrogen and oxygen atoms in total. The van der Waals surface area contributed by atoms with Crippen molar-refractivity contribution < 1.29 is 23.2 Å². The highest BCUT2D eigenvalue weighted by Gasteiger charge is 2.26. The number of furan rings is 2. The van der Waals surface area contributed by atoms with Gasteiger partial charge in [-0.3, -0.25) is 4.90 Å². The first-order chi connectivity index (χ1) is 13.1. The molecular formula is C19H25N3O5. The number of ether oxygens (including phenoxy) is 1. The summed E-state index contributed by atoms with van der Waals surface area (Å²) >= 11 is 0. The standard InChI is InChI=1S/C19H25N3O5/c1-13-15(18(23)25-2)10-14(27-13)11-20-19(24)21-12-16(17-6-5-9-26-17)22-7-3-4-8-22/h5-6,9-10,16H,3-4,7-8,11-12H2,1-2H3,(H2,20,21,24). The van der Waals surface area contributed by atoms with E-state index in [1.54, 1.807) is 19.3 Å². The lowest BCUT2D eigenvalue weighted by molar-refractivity contribution is 0.0598. The maximum absolute atomic E-state index is 12.2. The number of aryl methyl sites for hydroxylation is 1. The number of esters is 1. The van der Waals surface area contributed by atoms with Crippen LogP contribution < -0.4 is 10.6 Å². The van der Waals surface area contributed by atoms with E-state index in [1.165, 1.54) is 7.11 Å². The van der Waals surface area contributed by atoms with Crippen LogP contribution in [0.15, 0.2) is 33.3 Å². The Hall–Kier alpha value is -2.74. The van der Waals surface area contributed by atoms with Gasteiger partial charge in [-0.1, -0.05) is 0 Å². The lowest BCUT2D eigenvalue weighted by Crippen LogP contribution is -2.41. The number of carbonyl (C=O) groups is 2. The molecule has 27 heavy (non-hydrogen) atoms. The summed E-state index contributed by atoms with van der Waals surface area (Å²) in [4.78, 5) is 26.1. The van der Waals surface area contributed by atoms with Crippen molar-refractivity contribution >= 4 is 12.0 Å². The molecule has 3 rings (SSSR count). The van der Waals surface area contributed by atoms with E-state index in [4.69, 9.17) is 13.6 Å². The maximum atomic E-state index is 12.2. The number of methoxy groups -OCH3 is 1. The van der Waals surface area contributed by atoms with Crippen LogP contribution in [0.2, 0.25) is 0 Å². The van der Waals surface area contributed by atoms with Crippen LogP contribution in [0, 0.1) is 6.92 Å². The molecule has 1 fully saturated rings. The number of rotatable bonds is 7. The van der Waals surface area contributed by atoms with Crippen LogP contribution in [-0.2, 0) is 11.3 Å². The Kier molecular flexibility index (Phi) is 6.18. The Morgan fingerprint density at radius 1 is 1.30 bits per heavy atom. The zero-order chi connectivity index (χ0) is 19.2. The van der Waals surface area contributed by atoms with Crippen LogP contribution in [0.1, 0.15) is 46.5 Å². The lowest BCUT2D eigenvalue weighted by atomic mass is 10.2. The van der Waals surface area contributed by atoms with Gasteiger partial charge in [-0.05, 0) is 51.1 Å². The van der Waals surface area contributed by atoms with Gasteiger partial charge >= 0.3 is 12.0 Å². The van der Waals surface area contributed by atoms with Crippen molar-refractivity contribution in [3.8, 4) is 0 Å². The van der Waals surface area contributed by atoms with Crippen molar-refractivity contribution in [3.05, 3.63) is 47.3 Å². The SMILES string of the molecule is COC(=O)c1cc(CNC(=O)NCC(c2ccco2)N2CCCC2)oc1C. The molecule has 1 aliphatic heterocycles. The number of hydrogen-bond acceptors (Lipinski definition) is 6. The molecule has 2 amide bonds. The lowest BCUT2D eigenvalue weighted by Gasteiger charge is -2.26. The Labute approximate surface area is 157 Å². The van der Waals surface area contributed by atoms with Crippen LogP contribution in [0.5, 0.6) is 0 Å². The Balaban J connectivity index is 1.52. The van der Waals surface area contributed by atoms with E-state index in [2.05, 4.69) is 15.5 Å². The van der Waals surface area contributed by atoms with E-state index in [0.29, 0.717) is 23.6 Å². The molecule has 8 heteroatoms. The second kappa shape index (κ2) is 8.77. The highest BCUT2D eigenvalue weighted by atomic mass is 16.5. The molecule has 0 aliphatic carbocycles. The molecule has 0 aromatic carbocycles. The minimum absolute atomic E-state index is 0.0186. The van der Waals surface area contributed by atoms with E-state index >= 15 is 0 Å². The first kappa shape index (κ1) is 19.0. The molecule has 146 valence electrons. The number of urea groups is 1. The monoisotopic (exact) mass is 375 g/mol. The third-order valence-corrected chi connectivity index (χ3v) is 4.71. The third-order valence-electron chi connectivity index (χ3n) is 4.71. The number of nitrogens with one attached hydrogen (secondary N) is 2. The molecule has 1 atom stereocenters. The first-order valence-corrected chi connectivity index (χ1v) is 9.05.